The Morgan fingerprint density at radius 1 is 1.16 bits per heavy atom. The Bertz CT molecular complexity index is 749. The lowest BCUT2D eigenvalue weighted by atomic mass is 9.96. The van der Waals surface area contributed by atoms with Gasteiger partial charge in [-0.05, 0) is 43.7 Å². The van der Waals surface area contributed by atoms with Crippen LogP contribution in [0.15, 0.2) is 42.5 Å². The maximum absolute atomic E-state index is 13.7. The summed E-state index contributed by atoms with van der Waals surface area (Å²) in [4.78, 5) is 14.7. The van der Waals surface area contributed by atoms with Crippen LogP contribution >= 0.6 is 23.2 Å². The molecule has 1 amide bonds. The molecule has 2 aromatic rings. The summed E-state index contributed by atoms with van der Waals surface area (Å²) >= 11 is 12.5. The summed E-state index contributed by atoms with van der Waals surface area (Å²) in [6, 6.07) is 11.6. The molecule has 0 saturated carbocycles. The van der Waals surface area contributed by atoms with Crippen LogP contribution in [-0.2, 0) is 11.3 Å². The molecule has 1 heterocycles. The average Bonchev–Trinajstić information content (AvgIpc) is 2.60. The van der Waals surface area contributed by atoms with Crippen molar-refractivity contribution >= 4 is 34.8 Å². The number of hydrogen-bond donors (Lipinski definition) is 1. The number of rotatable bonds is 4. The molecule has 0 bridgehead atoms. The number of halogens is 3. The van der Waals surface area contributed by atoms with Gasteiger partial charge in [0.1, 0.15) is 5.82 Å². The Balaban J connectivity index is 1.65. The SMILES string of the molecule is O=C(Nc1ccccc1F)C1CCCN(Cc2c(Cl)cccc2Cl)C1. The van der Waals surface area contributed by atoms with Crippen molar-refractivity contribution in [3.8, 4) is 0 Å². The Labute approximate surface area is 156 Å². The molecule has 1 saturated heterocycles. The minimum absolute atomic E-state index is 0.153. The number of para-hydroxylation sites is 1. The number of benzene rings is 2. The molecular formula is C19H19Cl2FN2O. The molecule has 0 aliphatic carbocycles. The topological polar surface area (TPSA) is 32.3 Å². The number of piperidine rings is 1. The Morgan fingerprint density at radius 3 is 2.60 bits per heavy atom. The number of anilines is 1. The van der Waals surface area contributed by atoms with Gasteiger partial charge in [-0.1, -0.05) is 41.4 Å². The van der Waals surface area contributed by atoms with Crippen molar-refractivity contribution in [1.29, 1.82) is 0 Å². The second-order valence-corrected chi connectivity index (χ2v) is 7.06. The molecular weight excluding hydrogens is 362 g/mol. The molecule has 1 unspecified atom stereocenters. The summed E-state index contributed by atoms with van der Waals surface area (Å²) in [5.74, 6) is -0.763. The van der Waals surface area contributed by atoms with E-state index in [2.05, 4.69) is 10.2 Å². The van der Waals surface area contributed by atoms with Crippen molar-refractivity contribution in [1.82, 2.24) is 4.90 Å². The maximum atomic E-state index is 13.7. The van der Waals surface area contributed by atoms with Crippen LogP contribution in [0.4, 0.5) is 10.1 Å². The lowest BCUT2D eigenvalue weighted by Crippen LogP contribution is -2.40. The highest BCUT2D eigenvalue weighted by atomic mass is 35.5. The third-order valence-corrected chi connectivity index (χ3v) is 5.16. The van der Waals surface area contributed by atoms with Gasteiger partial charge >= 0.3 is 0 Å². The van der Waals surface area contributed by atoms with Crippen molar-refractivity contribution in [2.45, 2.75) is 19.4 Å². The molecule has 0 radical (unpaired) electrons. The van der Waals surface area contributed by atoms with Gasteiger partial charge in [-0.25, -0.2) is 4.39 Å². The first kappa shape index (κ1) is 18.2. The zero-order valence-corrected chi connectivity index (χ0v) is 15.2. The first-order valence-corrected chi connectivity index (χ1v) is 9.01. The van der Waals surface area contributed by atoms with Gasteiger partial charge < -0.3 is 5.32 Å². The summed E-state index contributed by atoms with van der Waals surface area (Å²) in [7, 11) is 0. The monoisotopic (exact) mass is 380 g/mol. The van der Waals surface area contributed by atoms with E-state index in [0.717, 1.165) is 24.9 Å². The van der Waals surface area contributed by atoms with Crippen LogP contribution in [-0.4, -0.2) is 23.9 Å². The normalized spacial score (nSPS) is 18.1. The first-order chi connectivity index (χ1) is 12.0. The number of nitrogens with zero attached hydrogens (tertiary/aromatic N) is 1. The molecule has 132 valence electrons. The van der Waals surface area contributed by atoms with Crippen LogP contribution in [0.5, 0.6) is 0 Å². The number of carbonyl (C=O) groups excluding carboxylic acids is 1. The van der Waals surface area contributed by atoms with E-state index in [9.17, 15) is 9.18 Å². The van der Waals surface area contributed by atoms with E-state index in [1.54, 1.807) is 18.2 Å². The van der Waals surface area contributed by atoms with E-state index in [4.69, 9.17) is 23.2 Å². The Kier molecular flexibility index (Phi) is 5.94. The molecule has 1 atom stereocenters. The van der Waals surface area contributed by atoms with Crippen molar-refractivity contribution < 1.29 is 9.18 Å². The second kappa shape index (κ2) is 8.17. The molecule has 1 fully saturated rings. The predicted octanol–water partition coefficient (Wildman–Crippen LogP) is 4.98. The summed E-state index contributed by atoms with van der Waals surface area (Å²) in [6.45, 7) is 2.08. The smallest absolute Gasteiger partial charge is 0.228 e. The van der Waals surface area contributed by atoms with E-state index in [1.165, 1.54) is 6.07 Å². The molecule has 1 aliphatic rings. The molecule has 1 aliphatic heterocycles. The van der Waals surface area contributed by atoms with Crippen LogP contribution in [0.1, 0.15) is 18.4 Å². The minimum atomic E-state index is -0.425. The van der Waals surface area contributed by atoms with Gasteiger partial charge in [0.05, 0.1) is 11.6 Å². The molecule has 2 aromatic carbocycles. The second-order valence-electron chi connectivity index (χ2n) is 6.24. The zero-order valence-electron chi connectivity index (χ0n) is 13.6. The van der Waals surface area contributed by atoms with E-state index < -0.39 is 5.82 Å². The minimum Gasteiger partial charge on any atom is -0.323 e. The fourth-order valence-electron chi connectivity index (χ4n) is 3.12. The lowest BCUT2D eigenvalue weighted by Gasteiger charge is -2.32. The van der Waals surface area contributed by atoms with Gasteiger partial charge in [-0.3, -0.25) is 9.69 Å². The largest absolute Gasteiger partial charge is 0.323 e. The molecule has 25 heavy (non-hydrogen) atoms. The molecule has 0 aromatic heterocycles. The third-order valence-electron chi connectivity index (χ3n) is 4.45. The number of carbonyl (C=O) groups is 1. The molecule has 0 spiro atoms. The summed E-state index contributed by atoms with van der Waals surface area (Å²) in [5, 5.41) is 3.95. The highest BCUT2D eigenvalue weighted by molar-refractivity contribution is 6.35. The number of amides is 1. The lowest BCUT2D eigenvalue weighted by molar-refractivity contribution is -0.121. The van der Waals surface area contributed by atoms with Gasteiger partial charge in [0.25, 0.3) is 0 Å². The van der Waals surface area contributed by atoms with Crippen molar-refractivity contribution in [2.24, 2.45) is 5.92 Å². The van der Waals surface area contributed by atoms with E-state index in [0.29, 0.717) is 23.1 Å². The molecule has 3 nitrogen and oxygen atoms in total. The van der Waals surface area contributed by atoms with E-state index in [1.807, 2.05) is 18.2 Å². The van der Waals surface area contributed by atoms with E-state index in [-0.39, 0.29) is 17.5 Å². The van der Waals surface area contributed by atoms with Gasteiger partial charge in [0, 0.05) is 28.7 Å². The number of nitrogens with one attached hydrogen (secondary N) is 1. The van der Waals surface area contributed by atoms with Crippen molar-refractivity contribution in [2.75, 3.05) is 18.4 Å². The van der Waals surface area contributed by atoms with Gasteiger partial charge in [0.15, 0.2) is 0 Å². The predicted molar refractivity (Wildman–Crippen MR) is 99.5 cm³/mol. The average molecular weight is 381 g/mol. The van der Waals surface area contributed by atoms with Crippen LogP contribution in [0.2, 0.25) is 10.0 Å². The van der Waals surface area contributed by atoms with Crippen molar-refractivity contribution in [3.05, 3.63) is 63.9 Å². The highest BCUT2D eigenvalue weighted by Gasteiger charge is 2.27. The van der Waals surface area contributed by atoms with Crippen LogP contribution in [0, 0.1) is 11.7 Å². The molecule has 1 N–H and O–H groups in total. The van der Waals surface area contributed by atoms with Gasteiger partial charge in [0.2, 0.25) is 5.91 Å². The van der Waals surface area contributed by atoms with Crippen molar-refractivity contribution in [3.63, 3.8) is 0 Å². The first-order valence-electron chi connectivity index (χ1n) is 8.25. The van der Waals surface area contributed by atoms with Gasteiger partial charge in [-0.15, -0.1) is 0 Å². The summed E-state index contributed by atoms with van der Waals surface area (Å²) in [5.41, 5.74) is 1.10. The van der Waals surface area contributed by atoms with Gasteiger partial charge in [-0.2, -0.15) is 0 Å². The van der Waals surface area contributed by atoms with E-state index >= 15 is 0 Å². The zero-order chi connectivity index (χ0) is 17.8. The van der Waals surface area contributed by atoms with Crippen LogP contribution < -0.4 is 5.32 Å². The molecule has 6 heteroatoms. The van der Waals surface area contributed by atoms with Crippen LogP contribution in [0.3, 0.4) is 0 Å². The summed E-state index contributed by atoms with van der Waals surface area (Å²) < 4.78 is 13.7. The molecule has 3 rings (SSSR count). The summed E-state index contributed by atoms with van der Waals surface area (Å²) in [6.07, 6.45) is 1.68. The standard InChI is InChI=1S/C19H19Cl2FN2O/c20-15-6-3-7-16(21)14(15)12-24-10-4-5-13(11-24)19(25)23-18-9-2-1-8-17(18)22/h1-3,6-9,13H,4-5,10-12H2,(H,23,25). The fourth-order valence-corrected chi connectivity index (χ4v) is 3.63. The Hall–Kier alpha value is -1.62. The fraction of sp³-hybridized carbons (Fsp3) is 0.316. The van der Waals surface area contributed by atoms with Crippen LogP contribution in [0.25, 0.3) is 0 Å². The number of likely N-dealkylation sites (tertiary alicyclic amines) is 1. The number of hydrogen-bond acceptors (Lipinski definition) is 2. The third kappa shape index (κ3) is 4.51. The highest BCUT2D eigenvalue weighted by Crippen LogP contribution is 2.28. The Morgan fingerprint density at radius 2 is 1.88 bits per heavy atom. The quantitative estimate of drug-likeness (QED) is 0.810. The maximum Gasteiger partial charge on any atom is 0.228 e.